The Morgan fingerprint density at radius 1 is 1.12 bits per heavy atom. The molecule has 1 aromatic heterocycles. The Bertz CT molecular complexity index is 1080. The van der Waals surface area contributed by atoms with Gasteiger partial charge in [0.25, 0.3) is 0 Å². The van der Waals surface area contributed by atoms with Gasteiger partial charge in [-0.1, -0.05) is 11.6 Å². The first-order chi connectivity index (χ1) is 15.1. The van der Waals surface area contributed by atoms with Crippen LogP contribution in [0, 0.1) is 5.82 Å². The van der Waals surface area contributed by atoms with E-state index in [9.17, 15) is 31.9 Å². The lowest BCUT2D eigenvalue weighted by molar-refractivity contribution is -0.137. The van der Waals surface area contributed by atoms with Gasteiger partial charge in [-0.05, 0) is 52.0 Å². The Labute approximate surface area is 191 Å². The predicted molar refractivity (Wildman–Crippen MR) is 112 cm³/mol. The predicted octanol–water partition coefficient (Wildman–Crippen LogP) is 4.98. The molecule has 0 aliphatic rings. The second kappa shape index (κ2) is 9.74. The average molecular weight is 490 g/mol. The number of aromatic nitrogens is 1. The number of pyridine rings is 1. The quantitative estimate of drug-likeness (QED) is 0.456. The van der Waals surface area contributed by atoms with Crippen molar-refractivity contribution in [3.8, 4) is 0 Å². The number of nitrogens with zero attached hydrogens (tertiary/aromatic N) is 1. The molecule has 0 aliphatic carbocycles. The number of hydrogen-bond acceptors (Lipinski definition) is 5. The van der Waals surface area contributed by atoms with Crippen molar-refractivity contribution in [3.63, 3.8) is 0 Å². The van der Waals surface area contributed by atoms with E-state index in [1.807, 2.05) is 0 Å². The topological polar surface area (TPSA) is 97.4 Å². The van der Waals surface area contributed by atoms with Crippen LogP contribution >= 0.6 is 11.6 Å². The standard InChI is InChI=1S/C21H20ClF4N3O4/c1-10(28-19(32)33-20(2,3)4)18(31)29-13-8-7-11(21(24,25)26)15(22)14(13)17(30)16-12(23)6-5-9-27-16/h5-10H,1-4H3,(H,28,32)(H,29,31). The first-order valence-corrected chi connectivity index (χ1v) is 9.85. The molecule has 0 saturated heterocycles. The number of alkyl carbamates (subject to hydrolysis) is 1. The average Bonchev–Trinajstić information content (AvgIpc) is 2.65. The molecule has 2 N–H and O–H groups in total. The lowest BCUT2D eigenvalue weighted by Crippen LogP contribution is -2.44. The van der Waals surface area contributed by atoms with Crippen LogP contribution in [0.1, 0.15) is 49.3 Å². The molecule has 1 atom stereocenters. The van der Waals surface area contributed by atoms with Gasteiger partial charge in [0.15, 0.2) is 5.82 Å². The third-order valence-electron chi connectivity index (χ3n) is 4.03. The van der Waals surface area contributed by atoms with E-state index < -0.39 is 69.0 Å². The van der Waals surface area contributed by atoms with E-state index in [1.54, 1.807) is 20.8 Å². The van der Waals surface area contributed by atoms with Crippen molar-refractivity contribution >= 4 is 35.1 Å². The number of amides is 2. The smallest absolute Gasteiger partial charge is 0.417 e. The van der Waals surface area contributed by atoms with Crippen molar-refractivity contribution in [1.82, 2.24) is 10.3 Å². The summed E-state index contributed by atoms with van der Waals surface area (Å²) in [4.78, 5) is 40.9. The van der Waals surface area contributed by atoms with Gasteiger partial charge in [0.2, 0.25) is 11.7 Å². The number of alkyl halides is 3. The molecule has 0 aliphatic heterocycles. The molecule has 7 nitrogen and oxygen atoms in total. The van der Waals surface area contributed by atoms with E-state index in [4.69, 9.17) is 16.3 Å². The normalized spacial score (nSPS) is 12.6. The molecule has 1 aromatic carbocycles. The third kappa shape index (κ3) is 6.64. The summed E-state index contributed by atoms with van der Waals surface area (Å²) < 4.78 is 59.2. The Kier molecular flexibility index (Phi) is 7.68. The molecule has 0 spiro atoms. The summed E-state index contributed by atoms with van der Waals surface area (Å²) in [6.45, 7) is 6.10. The zero-order valence-corrected chi connectivity index (χ0v) is 18.7. The second-order valence-corrected chi connectivity index (χ2v) is 8.25. The number of benzene rings is 1. The maximum Gasteiger partial charge on any atom is 0.417 e. The van der Waals surface area contributed by atoms with E-state index in [0.29, 0.717) is 6.07 Å². The van der Waals surface area contributed by atoms with Crippen LogP contribution in [-0.2, 0) is 15.7 Å². The van der Waals surface area contributed by atoms with Gasteiger partial charge in [0, 0.05) is 6.20 Å². The molecule has 2 rings (SSSR count). The minimum atomic E-state index is -4.93. The molecular weight excluding hydrogens is 470 g/mol. The van der Waals surface area contributed by atoms with Crippen LogP contribution in [0.5, 0.6) is 0 Å². The Morgan fingerprint density at radius 3 is 2.30 bits per heavy atom. The fourth-order valence-corrected chi connectivity index (χ4v) is 2.94. The third-order valence-corrected chi connectivity index (χ3v) is 4.42. The molecule has 0 bridgehead atoms. The minimum absolute atomic E-state index is 0.425. The van der Waals surface area contributed by atoms with Crippen molar-refractivity contribution in [3.05, 3.63) is 58.1 Å². The van der Waals surface area contributed by atoms with Gasteiger partial charge in [0.1, 0.15) is 17.3 Å². The van der Waals surface area contributed by atoms with E-state index in [2.05, 4.69) is 15.6 Å². The molecule has 178 valence electrons. The summed E-state index contributed by atoms with van der Waals surface area (Å²) in [6, 6.07) is 2.24. The highest BCUT2D eigenvalue weighted by molar-refractivity contribution is 6.37. The summed E-state index contributed by atoms with van der Waals surface area (Å²) in [5.41, 5.74) is -4.21. The Balaban J connectivity index is 2.43. The first-order valence-electron chi connectivity index (χ1n) is 9.47. The summed E-state index contributed by atoms with van der Waals surface area (Å²) in [5, 5.41) is 3.45. The molecule has 0 saturated carbocycles. The van der Waals surface area contributed by atoms with Crippen molar-refractivity contribution in [2.24, 2.45) is 0 Å². The number of nitrogens with one attached hydrogen (secondary N) is 2. The zero-order valence-electron chi connectivity index (χ0n) is 17.9. The Hall–Kier alpha value is -3.21. The molecule has 0 fully saturated rings. The number of anilines is 1. The number of rotatable bonds is 5. The lowest BCUT2D eigenvalue weighted by Gasteiger charge is -2.22. The highest BCUT2D eigenvalue weighted by Crippen LogP contribution is 2.39. The SMILES string of the molecule is CC(NC(=O)OC(C)(C)C)C(=O)Nc1ccc(C(F)(F)F)c(Cl)c1C(=O)c1ncccc1F. The molecule has 2 aromatic rings. The van der Waals surface area contributed by atoms with E-state index in [-0.39, 0.29) is 0 Å². The monoisotopic (exact) mass is 489 g/mol. The van der Waals surface area contributed by atoms with Crippen molar-refractivity contribution in [2.75, 3.05) is 5.32 Å². The first kappa shape index (κ1) is 26.0. The number of hydrogen-bond donors (Lipinski definition) is 2. The van der Waals surface area contributed by atoms with Crippen molar-refractivity contribution in [1.29, 1.82) is 0 Å². The van der Waals surface area contributed by atoms with Gasteiger partial charge in [-0.25, -0.2) is 14.2 Å². The summed E-state index contributed by atoms with van der Waals surface area (Å²) in [7, 11) is 0. The van der Waals surface area contributed by atoms with Crippen LogP contribution < -0.4 is 10.6 Å². The number of carbonyl (C=O) groups is 3. The summed E-state index contributed by atoms with van der Waals surface area (Å²) in [5.74, 6) is -3.26. The molecular formula is C21H20ClF4N3O4. The molecule has 33 heavy (non-hydrogen) atoms. The van der Waals surface area contributed by atoms with E-state index in [1.165, 1.54) is 13.0 Å². The van der Waals surface area contributed by atoms with Crippen LogP contribution in [0.2, 0.25) is 5.02 Å². The number of halogens is 5. The molecule has 0 radical (unpaired) electrons. The van der Waals surface area contributed by atoms with Crippen molar-refractivity contribution in [2.45, 2.75) is 45.5 Å². The van der Waals surface area contributed by atoms with Crippen LogP contribution in [-0.4, -0.2) is 34.4 Å². The molecule has 2 amide bonds. The largest absolute Gasteiger partial charge is 0.444 e. The van der Waals surface area contributed by atoms with Gasteiger partial charge in [-0.2, -0.15) is 13.2 Å². The van der Waals surface area contributed by atoms with Gasteiger partial charge >= 0.3 is 12.3 Å². The summed E-state index contributed by atoms with van der Waals surface area (Å²) in [6.07, 6.45) is -4.77. The van der Waals surface area contributed by atoms with Crippen LogP contribution in [0.4, 0.5) is 28.0 Å². The zero-order chi connectivity index (χ0) is 25.1. The van der Waals surface area contributed by atoms with E-state index >= 15 is 0 Å². The van der Waals surface area contributed by atoms with E-state index in [0.717, 1.165) is 18.3 Å². The fourth-order valence-electron chi connectivity index (χ4n) is 2.58. The number of ketones is 1. The number of ether oxygens (including phenoxy) is 1. The number of carbonyl (C=O) groups excluding carboxylic acids is 3. The maximum atomic E-state index is 14.1. The Morgan fingerprint density at radius 2 is 1.76 bits per heavy atom. The van der Waals surface area contributed by atoms with Gasteiger partial charge in [0.05, 0.1) is 21.8 Å². The lowest BCUT2D eigenvalue weighted by atomic mass is 10.0. The summed E-state index contributed by atoms with van der Waals surface area (Å²) >= 11 is 5.88. The fraction of sp³-hybridized carbons (Fsp3) is 0.333. The highest BCUT2D eigenvalue weighted by Gasteiger charge is 2.37. The van der Waals surface area contributed by atoms with Gasteiger partial charge in [-0.3, -0.25) is 9.59 Å². The molecule has 12 heteroatoms. The van der Waals surface area contributed by atoms with Gasteiger partial charge < -0.3 is 15.4 Å². The maximum absolute atomic E-state index is 14.1. The second-order valence-electron chi connectivity index (χ2n) is 7.87. The van der Waals surface area contributed by atoms with Crippen LogP contribution in [0.3, 0.4) is 0 Å². The molecule has 1 unspecified atom stereocenters. The minimum Gasteiger partial charge on any atom is -0.444 e. The van der Waals surface area contributed by atoms with Gasteiger partial charge in [-0.15, -0.1) is 0 Å². The van der Waals surface area contributed by atoms with Crippen LogP contribution in [0.15, 0.2) is 30.5 Å². The molecule has 1 heterocycles. The van der Waals surface area contributed by atoms with Crippen molar-refractivity contribution < 1.29 is 36.7 Å². The van der Waals surface area contributed by atoms with Crippen LogP contribution in [0.25, 0.3) is 0 Å². The highest BCUT2D eigenvalue weighted by atomic mass is 35.5.